The number of non-ortho nitro benzene ring substituents is 1. The fourth-order valence-corrected chi connectivity index (χ4v) is 3.69. The van der Waals surface area contributed by atoms with Crippen LogP contribution in [0.1, 0.15) is 27.9 Å². The molecule has 0 aliphatic carbocycles. The van der Waals surface area contributed by atoms with Crippen molar-refractivity contribution < 1.29 is 28.8 Å². The van der Waals surface area contributed by atoms with Gasteiger partial charge in [0, 0.05) is 34.3 Å². The summed E-state index contributed by atoms with van der Waals surface area (Å²) < 4.78 is 5.97. The summed E-state index contributed by atoms with van der Waals surface area (Å²) in [4.78, 5) is 59.2. The van der Waals surface area contributed by atoms with Crippen molar-refractivity contribution >= 4 is 51.0 Å². The van der Waals surface area contributed by atoms with E-state index >= 15 is 0 Å². The van der Waals surface area contributed by atoms with Gasteiger partial charge < -0.3 is 10.1 Å². The van der Waals surface area contributed by atoms with E-state index in [1.165, 1.54) is 24.3 Å². The van der Waals surface area contributed by atoms with Crippen LogP contribution in [0.2, 0.25) is 0 Å². The maximum absolute atomic E-state index is 12.4. The molecule has 12 heteroatoms. The van der Waals surface area contributed by atoms with E-state index < -0.39 is 41.1 Å². The van der Waals surface area contributed by atoms with E-state index in [-0.39, 0.29) is 24.2 Å². The summed E-state index contributed by atoms with van der Waals surface area (Å²) in [6.07, 6.45) is -0.188. The second kappa shape index (κ2) is 10.4. The van der Waals surface area contributed by atoms with Crippen molar-refractivity contribution in [2.24, 2.45) is 5.92 Å². The molecule has 1 heterocycles. The van der Waals surface area contributed by atoms with Gasteiger partial charge in [-0.2, -0.15) is 0 Å². The zero-order valence-corrected chi connectivity index (χ0v) is 19.9. The highest BCUT2D eigenvalue weighted by Gasteiger charge is 2.36. The molecule has 1 aliphatic rings. The molecule has 1 atom stereocenters. The number of nitro groups is 1. The van der Waals surface area contributed by atoms with E-state index in [9.17, 15) is 29.3 Å². The highest BCUT2D eigenvalue weighted by molar-refractivity contribution is 9.10. The molecule has 2 aromatic rings. The highest BCUT2D eigenvalue weighted by atomic mass is 79.9. The average Bonchev–Trinajstić information content (AvgIpc) is 3.18. The fourth-order valence-electron chi connectivity index (χ4n) is 3.26. The van der Waals surface area contributed by atoms with Gasteiger partial charge in [0.15, 0.2) is 6.61 Å². The number of esters is 1. The van der Waals surface area contributed by atoms with Crippen LogP contribution >= 0.6 is 15.9 Å². The van der Waals surface area contributed by atoms with Crippen LogP contribution in [-0.2, 0) is 19.1 Å². The highest BCUT2D eigenvalue weighted by Crippen LogP contribution is 2.26. The summed E-state index contributed by atoms with van der Waals surface area (Å²) in [6.45, 7) is 3.11. The number of carbonyl (C=O) groups excluding carboxylic acids is 4. The predicted octanol–water partition coefficient (Wildman–Crippen LogP) is 2.65. The van der Waals surface area contributed by atoms with Gasteiger partial charge in [-0.1, -0.05) is 15.9 Å². The third-order valence-electron chi connectivity index (χ3n) is 5.38. The molecule has 0 spiro atoms. The Bertz CT molecular complexity index is 1170. The molecule has 0 saturated carbocycles. The van der Waals surface area contributed by atoms with Crippen LogP contribution in [0.3, 0.4) is 0 Å². The Morgan fingerprint density at radius 3 is 2.47 bits per heavy atom. The van der Waals surface area contributed by atoms with Gasteiger partial charge in [0.1, 0.15) is 0 Å². The number of nitrogens with one attached hydrogen (secondary N) is 2. The van der Waals surface area contributed by atoms with Gasteiger partial charge in [0.05, 0.1) is 17.4 Å². The van der Waals surface area contributed by atoms with Crippen molar-refractivity contribution in [3.8, 4) is 0 Å². The molecule has 1 fully saturated rings. The molecule has 2 aromatic carbocycles. The van der Waals surface area contributed by atoms with Crippen molar-refractivity contribution in [1.29, 1.82) is 0 Å². The first kappa shape index (κ1) is 24.8. The third kappa shape index (κ3) is 5.76. The Hall–Kier alpha value is -3.80. The maximum Gasteiger partial charge on any atom is 0.311 e. The number of amides is 3. The standard InChI is InChI=1S/C22H21BrN4O7/c1-12-13(2)18(8-7-17(12)23)24-19(28)11-34-22(31)15-9-20(29)26(10-15)25-21(30)14-3-5-16(6-4-14)27(32)33/h3-8,15H,9-11H2,1-2H3,(H,24,28)(H,25,30)/t15-/m0/s1. The second-order valence-corrected chi connectivity index (χ2v) is 8.51. The van der Waals surface area contributed by atoms with Crippen molar-refractivity contribution in [2.75, 3.05) is 18.5 Å². The molecule has 0 bridgehead atoms. The van der Waals surface area contributed by atoms with Crippen LogP contribution in [0.4, 0.5) is 11.4 Å². The van der Waals surface area contributed by atoms with Crippen LogP contribution in [0.15, 0.2) is 40.9 Å². The summed E-state index contributed by atoms with van der Waals surface area (Å²) >= 11 is 3.42. The summed E-state index contributed by atoms with van der Waals surface area (Å²) in [7, 11) is 0. The summed E-state index contributed by atoms with van der Waals surface area (Å²) in [5.41, 5.74) is 4.75. The molecule has 0 unspecified atom stereocenters. The first-order valence-electron chi connectivity index (χ1n) is 10.1. The third-order valence-corrected chi connectivity index (χ3v) is 6.23. The number of hydrogen-bond acceptors (Lipinski definition) is 7. The molecule has 1 saturated heterocycles. The Morgan fingerprint density at radius 1 is 1.15 bits per heavy atom. The summed E-state index contributed by atoms with van der Waals surface area (Å²) in [5, 5.41) is 14.4. The number of rotatable bonds is 7. The average molecular weight is 533 g/mol. The minimum absolute atomic E-state index is 0.111. The number of nitro benzene ring substituents is 1. The van der Waals surface area contributed by atoms with Crippen LogP contribution in [0, 0.1) is 29.9 Å². The molecule has 11 nitrogen and oxygen atoms in total. The van der Waals surface area contributed by atoms with Gasteiger partial charge in [-0.25, -0.2) is 0 Å². The topological polar surface area (TPSA) is 148 Å². The SMILES string of the molecule is Cc1c(Br)ccc(NC(=O)COC(=O)[C@H]2CC(=O)N(NC(=O)c3ccc([N+](=O)[O-])cc3)C2)c1C. The molecule has 3 rings (SSSR count). The Morgan fingerprint density at radius 2 is 1.82 bits per heavy atom. The van der Waals surface area contributed by atoms with Crippen molar-refractivity contribution in [1.82, 2.24) is 10.4 Å². The van der Waals surface area contributed by atoms with Gasteiger partial charge in [-0.3, -0.25) is 39.7 Å². The molecule has 0 radical (unpaired) electrons. The van der Waals surface area contributed by atoms with Crippen molar-refractivity contribution in [3.63, 3.8) is 0 Å². The molecule has 178 valence electrons. The first-order chi connectivity index (χ1) is 16.1. The molecule has 3 amide bonds. The van der Waals surface area contributed by atoms with E-state index in [2.05, 4.69) is 26.7 Å². The lowest BCUT2D eigenvalue weighted by Gasteiger charge is -2.17. The smallest absolute Gasteiger partial charge is 0.311 e. The normalized spacial score (nSPS) is 15.1. The van der Waals surface area contributed by atoms with E-state index in [1.54, 1.807) is 12.1 Å². The molecular weight excluding hydrogens is 512 g/mol. The largest absolute Gasteiger partial charge is 0.455 e. The van der Waals surface area contributed by atoms with Crippen molar-refractivity contribution in [3.05, 3.63) is 67.7 Å². The van der Waals surface area contributed by atoms with Crippen LogP contribution < -0.4 is 10.7 Å². The number of carbonyl (C=O) groups is 4. The van der Waals surface area contributed by atoms with Gasteiger partial charge in [0.25, 0.3) is 17.5 Å². The molecule has 34 heavy (non-hydrogen) atoms. The molecule has 0 aromatic heterocycles. The minimum Gasteiger partial charge on any atom is -0.455 e. The Kier molecular flexibility index (Phi) is 7.61. The van der Waals surface area contributed by atoms with Crippen LogP contribution in [0.5, 0.6) is 0 Å². The van der Waals surface area contributed by atoms with Crippen LogP contribution in [0.25, 0.3) is 0 Å². The zero-order chi connectivity index (χ0) is 25.0. The van der Waals surface area contributed by atoms with Gasteiger partial charge >= 0.3 is 5.97 Å². The zero-order valence-electron chi connectivity index (χ0n) is 18.3. The number of nitrogens with zero attached hydrogens (tertiary/aromatic N) is 2. The number of anilines is 1. The van der Waals surface area contributed by atoms with E-state index in [4.69, 9.17) is 4.74 Å². The van der Waals surface area contributed by atoms with Gasteiger partial charge in [-0.05, 0) is 49.2 Å². The summed E-state index contributed by atoms with van der Waals surface area (Å²) in [6, 6.07) is 8.38. The van der Waals surface area contributed by atoms with E-state index in [0.717, 1.165) is 20.6 Å². The maximum atomic E-state index is 12.4. The Labute approximate surface area is 202 Å². The van der Waals surface area contributed by atoms with E-state index in [0.29, 0.717) is 5.69 Å². The minimum atomic E-state index is -0.853. The summed E-state index contributed by atoms with van der Waals surface area (Å²) in [5.74, 6) is -3.27. The molecular formula is C22H21BrN4O7. The predicted molar refractivity (Wildman–Crippen MR) is 124 cm³/mol. The second-order valence-electron chi connectivity index (χ2n) is 7.65. The van der Waals surface area contributed by atoms with Gasteiger partial charge in [-0.15, -0.1) is 0 Å². The fraction of sp³-hybridized carbons (Fsp3) is 0.273. The number of halogens is 1. The van der Waals surface area contributed by atoms with Gasteiger partial charge in [0.2, 0.25) is 5.91 Å². The number of ether oxygens (including phenoxy) is 1. The monoisotopic (exact) mass is 532 g/mol. The number of hydrazine groups is 1. The van der Waals surface area contributed by atoms with Crippen LogP contribution in [-0.4, -0.2) is 46.8 Å². The number of hydrogen-bond donors (Lipinski definition) is 2. The van der Waals surface area contributed by atoms with Crippen molar-refractivity contribution in [2.45, 2.75) is 20.3 Å². The lowest BCUT2D eigenvalue weighted by Crippen LogP contribution is -2.43. The quantitative estimate of drug-likeness (QED) is 0.316. The molecule has 1 aliphatic heterocycles. The first-order valence-corrected chi connectivity index (χ1v) is 10.9. The lowest BCUT2D eigenvalue weighted by atomic mass is 10.1. The Balaban J connectivity index is 1.50. The van der Waals surface area contributed by atoms with E-state index in [1.807, 2.05) is 13.8 Å². The lowest BCUT2D eigenvalue weighted by molar-refractivity contribution is -0.384. The molecule has 2 N–H and O–H groups in total. The number of benzene rings is 2.